The van der Waals surface area contributed by atoms with E-state index in [1.165, 1.54) is 0 Å². The quantitative estimate of drug-likeness (QED) is 0.799. The van der Waals surface area contributed by atoms with Crippen molar-refractivity contribution in [3.63, 3.8) is 0 Å². The second-order valence-electron chi connectivity index (χ2n) is 4.38. The molecular weight excluding hydrogens is 228 g/mol. The summed E-state index contributed by atoms with van der Waals surface area (Å²) in [5, 5.41) is 2.79. The van der Waals surface area contributed by atoms with Crippen LogP contribution in [0.5, 0.6) is 0 Å². The number of carbonyl (C=O) groups excluding carboxylic acids is 2. The van der Waals surface area contributed by atoms with Crippen molar-refractivity contribution in [2.75, 3.05) is 5.32 Å². The van der Waals surface area contributed by atoms with Crippen LogP contribution >= 0.6 is 0 Å². The van der Waals surface area contributed by atoms with Gasteiger partial charge in [-0.05, 0) is 31.4 Å². The van der Waals surface area contributed by atoms with Crippen molar-refractivity contribution >= 4 is 17.5 Å². The Bertz CT molecular complexity index is 494. The summed E-state index contributed by atoms with van der Waals surface area (Å²) in [7, 11) is 0. The fraction of sp³-hybridized carbons (Fsp3) is 0.286. The Labute approximate surface area is 106 Å². The van der Waals surface area contributed by atoms with E-state index in [9.17, 15) is 9.59 Å². The molecule has 2 rings (SSSR count). The lowest BCUT2D eigenvalue weighted by molar-refractivity contribution is -0.120. The number of nitrogens with one attached hydrogen (secondary N) is 1. The number of para-hydroxylation sites is 1. The van der Waals surface area contributed by atoms with Gasteiger partial charge >= 0.3 is 0 Å². The molecule has 0 radical (unpaired) electrons. The molecule has 3 N–H and O–H groups in total. The number of amides is 2. The van der Waals surface area contributed by atoms with Gasteiger partial charge in [0.1, 0.15) is 0 Å². The maximum absolute atomic E-state index is 12.0. The van der Waals surface area contributed by atoms with Crippen LogP contribution in [0.3, 0.4) is 0 Å². The topological polar surface area (TPSA) is 72.2 Å². The van der Waals surface area contributed by atoms with Gasteiger partial charge in [-0.1, -0.05) is 24.3 Å². The first-order valence-electron chi connectivity index (χ1n) is 6.03. The standard InChI is InChI=1S/C14H16N2O2/c15-13(17)11-8-4-5-9-12(11)16-14(18)10-6-2-1-3-7-10/h1-2,4-5,8-10H,3,6-7H2,(H2,15,17)(H,16,18). The summed E-state index contributed by atoms with van der Waals surface area (Å²) in [6.07, 6.45) is 6.63. The normalized spacial score (nSPS) is 18.3. The first-order chi connectivity index (χ1) is 8.68. The van der Waals surface area contributed by atoms with Crippen molar-refractivity contribution < 1.29 is 9.59 Å². The van der Waals surface area contributed by atoms with Gasteiger partial charge in [0.05, 0.1) is 11.3 Å². The van der Waals surface area contributed by atoms with Gasteiger partial charge in [0.15, 0.2) is 0 Å². The van der Waals surface area contributed by atoms with Gasteiger partial charge in [-0.15, -0.1) is 0 Å². The van der Waals surface area contributed by atoms with E-state index in [2.05, 4.69) is 11.4 Å². The van der Waals surface area contributed by atoms with E-state index in [4.69, 9.17) is 5.73 Å². The molecule has 1 aromatic rings. The lowest BCUT2D eigenvalue weighted by Crippen LogP contribution is -2.25. The molecule has 0 heterocycles. The average Bonchev–Trinajstić information content (AvgIpc) is 2.40. The molecule has 94 valence electrons. The first kappa shape index (κ1) is 12.4. The summed E-state index contributed by atoms with van der Waals surface area (Å²) in [6, 6.07) is 6.79. The van der Waals surface area contributed by atoms with Gasteiger partial charge < -0.3 is 11.1 Å². The fourth-order valence-electron chi connectivity index (χ4n) is 2.07. The molecule has 0 spiro atoms. The van der Waals surface area contributed by atoms with Crippen LogP contribution in [-0.4, -0.2) is 11.8 Å². The maximum atomic E-state index is 12.0. The number of rotatable bonds is 3. The molecule has 0 saturated carbocycles. The highest BCUT2D eigenvalue weighted by Gasteiger charge is 2.20. The predicted molar refractivity (Wildman–Crippen MR) is 70.1 cm³/mol. The summed E-state index contributed by atoms with van der Waals surface area (Å²) < 4.78 is 0. The average molecular weight is 244 g/mol. The summed E-state index contributed by atoms with van der Waals surface area (Å²) >= 11 is 0. The molecule has 0 fully saturated rings. The van der Waals surface area contributed by atoms with E-state index in [-0.39, 0.29) is 11.8 Å². The highest BCUT2D eigenvalue weighted by Crippen LogP contribution is 2.21. The second-order valence-corrected chi connectivity index (χ2v) is 4.38. The Balaban J connectivity index is 2.11. The van der Waals surface area contributed by atoms with E-state index in [1.807, 2.05) is 6.08 Å². The maximum Gasteiger partial charge on any atom is 0.250 e. The third-order valence-corrected chi connectivity index (χ3v) is 3.09. The smallest absolute Gasteiger partial charge is 0.250 e. The van der Waals surface area contributed by atoms with E-state index in [0.717, 1.165) is 19.3 Å². The number of hydrogen-bond acceptors (Lipinski definition) is 2. The molecule has 1 aliphatic rings. The Morgan fingerprint density at radius 2 is 2.00 bits per heavy atom. The minimum Gasteiger partial charge on any atom is -0.366 e. The zero-order valence-corrected chi connectivity index (χ0v) is 10.1. The largest absolute Gasteiger partial charge is 0.366 e. The fourth-order valence-corrected chi connectivity index (χ4v) is 2.07. The van der Waals surface area contributed by atoms with Crippen LogP contribution in [0.15, 0.2) is 36.4 Å². The van der Waals surface area contributed by atoms with Crippen molar-refractivity contribution in [2.24, 2.45) is 11.7 Å². The predicted octanol–water partition coefficient (Wildman–Crippen LogP) is 2.08. The molecule has 0 aliphatic heterocycles. The lowest BCUT2D eigenvalue weighted by Gasteiger charge is -2.18. The molecule has 18 heavy (non-hydrogen) atoms. The summed E-state index contributed by atoms with van der Waals surface area (Å²) in [4.78, 5) is 23.3. The van der Waals surface area contributed by atoms with Crippen molar-refractivity contribution in [2.45, 2.75) is 19.3 Å². The number of carbonyl (C=O) groups is 2. The van der Waals surface area contributed by atoms with Crippen molar-refractivity contribution in [3.05, 3.63) is 42.0 Å². The molecule has 0 aromatic heterocycles. The summed E-state index contributed by atoms with van der Waals surface area (Å²) in [6.45, 7) is 0. The third kappa shape index (κ3) is 2.77. The van der Waals surface area contributed by atoms with Gasteiger partial charge in [0.2, 0.25) is 5.91 Å². The Hall–Kier alpha value is -2.10. The lowest BCUT2D eigenvalue weighted by atomic mass is 9.93. The molecule has 1 atom stereocenters. The number of anilines is 1. The summed E-state index contributed by atoms with van der Waals surface area (Å²) in [5.74, 6) is -0.599. The Morgan fingerprint density at radius 3 is 2.67 bits per heavy atom. The van der Waals surface area contributed by atoms with Crippen molar-refractivity contribution in [1.82, 2.24) is 0 Å². The number of benzene rings is 1. The van der Waals surface area contributed by atoms with Crippen molar-refractivity contribution in [1.29, 1.82) is 0 Å². The highest BCUT2D eigenvalue weighted by atomic mass is 16.2. The van der Waals surface area contributed by atoms with Gasteiger partial charge in [-0.3, -0.25) is 9.59 Å². The van der Waals surface area contributed by atoms with E-state index >= 15 is 0 Å². The molecular formula is C14H16N2O2. The molecule has 0 saturated heterocycles. The molecule has 1 aromatic carbocycles. The van der Waals surface area contributed by atoms with Gasteiger partial charge in [-0.25, -0.2) is 0 Å². The van der Waals surface area contributed by atoms with Crippen molar-refractivity contribution in [3.8, 4) is 0 Å². The highest BCUT2D eigenvalue weighted by molar-refractivity contribution is 6.03. The Morgan fingerprint density at radius 1 is 1.22 bits per heavy atom. The molecule has 1 unspecified atom stereocenters. The molecule has 1 aliphatic carbocycles. The van der Waals surface area contributed by atoms with E-state index in [0.29, 0.717) is 11.3 Å². The van der Waals surface area contributed by atoms with E-state index < -0.39 is 5.91 Å². The second kappa shape index (κ2) is 5.49. The number of hydrogen-bond donors (Lipinski definition) is 2. The number of primary amides is 1. The van der Waals surface area contributed by atoms with Crippen LogP contribution in [-0.2, 0) is 4.79 Å². The molecule has 2 amide bonds. The molecule has 4 nitrogen and oxygen atoms in total. The molecule has 4 heteroatoms. The van der Waals surface area contributed by atoms with Crippen LogP contribution < -0.4 is 11.1 Å². The minimum atomic E-state index is -0.533. The third-order valence-electron chi connectivity index (χ3n) is 3.09. The van der Waals surface area contributed by atoms with Crippen LogP contribution in [0, 0.1) is 5.92 Å². The SMILES string of the molecule is NC(=O)c1ccccc1NC(=O)C1CC=CCC1. The zero-order chi connectivity index (χ0) is 13.0. The van der Waals surface area contributed by atoms with Crippen LogP contribution in [0.25, 0.3) is 0 Å². The summed E-state index contributed by atoms with van der Waals surface area (Å²) in [5.41, 5.74) is 6.10. The minimum absolute atomic E-state index is 0.0177. The first-order valence-corrected chi connectivity index (χ1v) is 6.03. The monoisotopic (exact) mass is 244 g/mol. The van der Waals surface area contributed by atoms with E-state index in [1.54, 1.807) is 24.3 Å². The van der Waals surface area contributed by atoms with Gasteiger partial charge in [0, 0.05) is 5.92 Å². The Kier molecular flexibility index (Phi) is 3.77. The molecule has 0 bridgehead atoms. The van der Waals surface area contributed by atoms with Gasteiger partial charge in [0.25, 0.3) is 5.91 Å². The van der Waals surface area contributed by atoms with Crippen LogP contribution in [0.4, 0.5) is 5.69 Å². The number of allylic oxidation sites excluding steroid dienone is 2. The number of nitrogens with two attached hydrogens (primary N) is 1. The van der Waals surface area contributed by atoms with Crippen LogP contribution in [0.1, 0.15) is 29.6 Å². The van der Waals surface area contributed by atoms with Gasteiger partial charge in [-0.2, -0.15) is 0 Å². The van der Waals surface area contributed by atoms with Crippen LogP contribution in [0.2, 0.25) is 0 Å². The zero-order valence-electron chi connectivity index (χ0n) is 10.1.